The van der Waals surface area contributed by atoms with Crippen LogP contribution < -0.4 is 5.32 Å². The first-order valence-corrected chi connectivity index (χ1v) is 9.23. The van der Waals surface area contributed by atoms with Crippen molar-refractivity contribution in [3.63, 3.8) is 0 Å². The highest BCUT2D eigenvalue weighted by Gasteiger charge is 2.15. The molecular formula is C21H15IN2O2. The SMILES string of the molecule is Cc1c(NC(=O)c2ccccc2I)cccc1-c1nc2ccccc2o1. The quantitative estimate of drug-likeness (QED) is 0.407. The number of hydrogen-bond donors (Lipinski definition) is 1. The van der Waals surface area contributed by atoms with E-state index in [-0.39, 0.29) is 5.91 Å². The van der Waals surface area contributed by atoms with Gasteiger partial charge in [-0.2, -0.15) is 0 Å². The summed E-state index contributed by atoms with van der Waals surface area (Å²) >= 11 is 2.16. The van der Waals surface area contributed by atoms with Crippen molar-refractivity contribution in [2.24, 2.45) is 0 Å². The summed E-state index contributed by atoms with van der Waals surface area (Å²) in [5, 5.41) is 3.00. The first-order chi connectivity index (χ1) is 12.6. The number of anilines is 1. The molecule has 0 saturated carbocycles. The second kappa shape index (κ2) is 6.92. The average molecular weight is 454 g/mol. The van der Waals surface area contributed by atoms with Gasteiger partial charge in [0.25, 0.3) is 5.91 Å². The first-order valence-electron chi connectivity index (χ1n) is 8.15. The molecule has 0 radical (unpaired) electrons. The highest BCUT2D eigenvalue weighted by atomic mass is 127. The van der Waals surface area contributed by atoms with Crippen LogP contribution in [0.2, 0.25) is 0 Å². The van der Waals surface area contributed by atoms with Crippen LogP contribution in [0.3, 0.4) is 0 Å². The summed E-state index contributed by atoms with van der Waals surface area (Å²) in [6.45, 7) is 1.95. The Hall–Kier alpha value is -2.67. The van der Waals surface area contributed by atoms with E-state index in [2.05, 4.69) is 32.9 Å². The molecule has 0 bridgehead atoms. The summed E-state index contributed by atoms with van der Waals surface area (Å²) in [6.07, 6.45) is 0. The third-order valence-corrected chi connectivity index (χ3v) is 5.17. The number of rotatable bonds is 3. The number of hydrogen-bond acceptors (Lipinski definition) is 3. The van der Waals surface area contributed by atoms with E-state index in [0.29, 0.717) is 11.5 Å². The molecule has 0 aliphatic carbocycles. The second-order valence-corrected chi connectivity index (χ2v) is 7.06. The van der Waals surface area contributed by atoms with E-state index in [9.17, 15) is 4.79 Å². The molecule has 1 amide bonds. The van der Waals surface area contributed by atoms with Crippen LogP contribution in [-0.2, 0) is 0 Å². The van der Waals surface area contributed by atoms with Gasteiger partial charge >= 0.3 is 0 Å². The summed E-state index contributed by atoms with van der Waals surface area (Å²) in [4.78, 5) is 17.2. The summed E-state index contributed by atoms with van der Waals surface area (Å²) in [5.74, 6) is 0.418. The zero-order valence-corrected chi connectivity index (χ0v) is 16.2. The topological polar surface area (TPSA) is 55.1 Å². The highest BCUT2D eigenvalue weighted by molar-refractivity contribution is 14.1. The van der Waals surface area contributed by atoms with Gasteiger partial charge in [0, 0.05) is 14.8 Å². The average Bonchev–Trinajstić information content (AvgIpc) is 3.07. The van der Waals surface area contributed by atoms with Gasteiger partial charge in [-0.25, -0.2) is 4.98 Å². The molecule has 1 aromatic heterocycles. The molecule has 0 aliphatic heterocycles. The molecule has 3 aromatic carbocycles. The van der Waals surface area contributed by atoms with Crippen LogP contribution in [0.25, 0.3) is 22.6 Å². The Morgan fingerprint density at radius 3 is 2.58 bits per heavy atom. The summed E-state index contributed by atoms with van der Waals surface area (Å²) in [5.41, 5.74) is 4.74. The van der Waals surface area contributed by atoms with Crippen molar-refractivity contribution in [1.82, 2.24) is 4.98 Å². The molecule has 5 heteroatoms. The Kier molecular flexibility index (Phi) is 4.46. The van der Waals surface area contributed by atoms with Gasteiger partial charge in [0.2, 0.25) is 5.89 Å². The molecule has 0 saturated heterocycles. The van der Waals surface area contributed by atoms with Crippen molar-refractivity contribution in [1.29, 1.82) is 0 Å². The Morgan fingerprint density at radius 1 is 1.00 bits per heavy atom. The predicted molar refractivity (Wildman–Crippen MR) is 111 cm³/mol. The molecule has 4 nitrogen and oxygen atoms in total. The van der Waals surface area contributed by atoms with Crippen molar-refractivity contribution in [3.8, 4) is 11.5 Å². The number of para-hydroxylation sites is 2. The summed E-state index contributed by atoms with van der Waals surface area (Å²) in [7, 11) is 0. The van der Waals surface area contributed by atoms with Gasteiger partial charge in [-0.1, -0.05) is 30.3 Å². The van der Waals surface area contributed by atoms with E-state index in [1.54, 1.807) is 0 Å². The van der Waals surface area contributed by atoms with Crippen LogP contribution in [0.5, 0.6) is 0 Å². The van der Waals surface area contributed by atoms with Crippen LogP contribution in [0.15, 0.2) is 71.1 Å². The molecule has 1 heterocycles. The molecule has 0 fully saturated rings. The fourth-order valence-electron chi connectivity index (χ4n) is 2.83. The summed E-state index contributed by atoms with van der Waals surface area (Å²) in [6, 6.07) is 20.9. The number of nitrogens with one attached hydrogen (secondary N) is 1. The zero-order chi connectivity index (χ0) is 18.1. The van der Waals surface area contributed by atoms with E-state index in [4.69, 9.17) is 4.42 Å². The van der Waals surface area contributed by atoms with E-state index < -0.39 is 0 Å². The second-order valence-electron chi connectivity index (χ2n) is 5.90. The number of oxazole rings is 1. The van der Waals surface area contributed by atoms with Gasteiger partial charge in [0.05, 0.1) is 5.56 Å². The fraction of sp³-hybridized carbons (Fsp3) is 0.0476. The van der Waals surface area contributed by atoms with Crippen LogP contribution >= 0.6 is 22.6 Å². The van der Waals surface area contributed by atoms with Gasteiger partial charge in [0.15, 0.2) is 5.58 Å². The number of carbonyl (C=O) groups excluding carboxylic acids is 1. The van der Waals surface area contributed by atoms with Gasteiger partial charge in [-0.15, -0.1) is 0 Å². The smallest absolute Gasteiger partial charge is 0.256 e. The highest BCUT2D eigenvalue weighted by Crippen LogP contribution is 2.30. The first kappa shape index (κ1) is 16.8. The molecule has 4 aromatic rings. The molecule has 1 N–H and O–H groups in total. The van der Waals surface area contributed by atoms with Crippen molar-refractivity contribution in [2.75, 3.05) is 5.32 Å². The van der Waals surface area contributed by atoms with Crippen molar-refractivity contribution >= 4 is 45.3 Å². The maximum absolute atomic E-state index is 12.6. The monoisotopic (exact) mass is 454 g/mol. The lowest BCUT2D eigenvalue weighted by molar-refractivity contribution is 0.102. The number of aromatic nitrogens is 1. The number of fused-ring (bicyclic) bond motifs is 1. The van der Waals surface area contributed by atoms with Gasteiger partial charge in [-0.3, -0.25) is 4.79 Å². The number of nitrogens with zero attached hydrogens (tertiary/aromatic N) is 1. The maximum atomic E-state index is 12.6. The van der Waals surface area contributed by atoms with Crippen LogP contribution in [0.4, 0.5) is 5.69 Å². The molecular weight excluding hydrogens is 439 g/mol. The van der Waals surface area contributed by atoms with Crippen LogP contribution in [0, 0.1) is 10.5 Å². The number of benzene rings is 3. The summed E-state index contributed by atoms with van der Waals surface area (Å²) < 4.78 is 6.79. The van der Waals surface area contributed by atoms with E-state index in [1.165, 1.54) is 0 Å². The predicted octanol–water partition coefficient (Wildman–Crippen LogP) is 5.66. The molecule has 0 aliphatic rings. The minimum atomic E-state index is -0.132. The van der Waals surface area contributed by atoms with Gasteiger partial charge in [0.1, 0.15) is 5.52 Å². The Bertz CT molecular complexity index is 1080. The van der Waals surface area contributed by atoms with Crippen molar-refractivity contribution < 1.29 is 9.21 Å². The molecule has 0 spiro atoms. The fourth-order valence-corrected chi connectivity index (χ4v) is 3.46. The Labute approximate surface area is 164 Å². The van der Waals surface area contributed by atoms with Gasteiger partial charge < -0.3 is 9.73 Å². The third-order valence-electron chi connectivity index (χ3n) is 4.22. The third kappa shape index (κ3) is 3.10. The van der Waals surface area contributed by atoms with Crippen molar-refractivity contribution in [3.05, 3.63) is 81.4 Å². The molecule has 26 heavy (non-hydrogen) atoms. The van der Waals surface area contributed by atoms with Gasteiger partial charge in [-0.05, 0) is 71.5 Å². The lowest BCUT2D eigenvalue weighted by Crippen LogP contribution is -2.14. The minimum Gasteiger partial charge on any atom is -0.436 e. The largest absolute Gasteiger partial charge is 0.436 e. The normalized spacial score (nSPS) is 10.8. The molecule has 4 rings (SSSR count). The van der Waals surface area contributed by atoms with Crippen LogP contribution in [0.1, 0.15) is 15.9 Å². The van der Waals surface area contributed by atoms with Crippen LogP contribution in [-0.4, -0.2) is 10.9 Å². The standard InChI is InChI=1S/C21H15IN2O2/c1-13-14(21-24-18-10-4-5-12-19(18)26-21)8-6-11-17(13)23-20(25)15-7-2-3-9-16(15)22/h2-12H,1H3,(H,23,25). The Morgan fingerprint density at radius 2 is 1.77 bits per heavy atom. The number of halogens is 1. The molecule has 128 valence electrons. The number of carbonyl (C=O) groups is 1. The number of amides is 1. The van der Waals surface area contributed by atoms with E-state index >= 15 is 0 Å². The van der Waals surface area contributed by atoms with E-state index in [1.807, 2.05) is 73.7 Å². The maximum Gasteiger partial charge on any atom is 0.256 e. The Balaban J connectivity index is 1.70. The van der Waals surface area contributed by atoms with Crippen molar-refractivity contribution in [2.45, 2.75) is 6.92 Å². The zero-order valence-electron chi connectivity index (χ0n) is 14.0. The van der Waals surface area contributed by atoms with E-state index in [0.717, 1.165) is 31.5 Å². The lowest BCUT2D eigenvalue weighted by Gasteiger charge is -2.11. The minimum absolute atomic E-state index is 0.132. The molecule has 0 unspecified atom stereocenters. The molecule has 0 atom stereocenters. The lowest BCUT2D eigenvalue weighted by atomic mass is 10.1.